The molecule has 0 heterocycles. The quantitative estimate of drug-likeness (QED) is 0.836. The first-order valence-electron chi connectivity index (χ1n) is 6.71. The molecule has 0 fully saturated rings. The smallest absolute Gasteiger partial charge is 0.239 e. The standard InChI is InChI=1S/C15H23BrN2O/c1-5-11-9-12(16)7-8-13(11)17-10-14(19)18-15(3,4)6-2/h7-9,17H,5-6,10H2,1-4H3,(H,18,19). The molecule has 1 rings (SSSR count). The van der Waals surface area contributed by atoms with Gasteiger partial charge < -0.3 is 10.6 Å². The predicted octanol–water partition coefficient (Wildman–Crippen LogP) is 3.73. The molecule has 19 heavy (non-hydrogen) atoms. The fraction of sp³-hybridized carbons (Fsp3) is 0.533. The lowest BCUT2D eigenvalue weighted by molar-refractivity contribution is -0.121. The van der Waals surface area contributed by atoms with E-state index < -0.39 is 0 Å². The Labute approximate surface area is 124 Å². The third kappa shape index (κ3) is 5.23. The fourth-order valence-corrected chi connectivity index (χ4v) is 2.12. The molecular weight excluding hydrogens is 304 g/mol. The zero-order valence-electron chi connectivity index (χ0n) is 12.1. The van der Waals surface area contributed by atoms with Gasteiger partial charge in [-0.15, -0.1) is 0 Å². The first kappa shape index (κ1) is 16.0. The Morgan fingerprint density at radius 1 is 1.32 bits per heavy atom. The van der Waals surface area contributed by atoms with Crippen molar-refractivity contribution in [1.29, 1.82) is 0 Å². The summed E-state index contributed by atoms with van der Waals surface area (Å²) < 4.78 is 1.06. The molecule has 0 aromatic heterocycles. The zero-order valence-corrected chi connectivity index (χ0v) is 13.7. The van der Waals surface area contributed by atoms with E-state index in [2.05, 4.69) is 46.5 Å². The Bertz CT molecular complexity index is 444. The predicted molar refractivity (Wildman–Crippen MR) is 84.5 cm³/mol. The molecule has 0 spiro atoms. The number of hydrogen-bond donors (Lipinski definition) is 2. The van der Waals surface area contributed by atoms with Gasteiger partial charge in [0.15, 0.2) is 0 Å². The molecule has 0 saturated heterocycles. The van der Waals surface area contributed by atoms with Gasteiger partial charge in [0.25, 0.3) is 0 Å². The van der Waals surface area contributed by atoms with E-state index in [1.54, 1.807) is 0 Å². The summed E-state index contributed by atoms with van der Waals surface area (Å²) >= 11 is 3.46. The van der Waals surface area contributed by atoms with Crippen LogP contribution in [0.3, 0.4) is 0 Å². The van der Waals surface area contributed by atoms with Crippen molar-refractivity contribution in [2.75, 3.05) is 11.9 Å². The molecular formula is C15H23BrN2O. The molecule has 0 unspecified atom stereocenters. The van der Waals surface area contributed by atoms with E-state index in [4.69, 9.17) is 0 Å². The van der Waals surface area contributed by atoms with Gasteiger partial charge in [0.05, 0.1) is 6.54 Å². The Balaban J connectivity index is 2.60. The second-order valence-corrected chi connectivity index (χ2v) is 6.21. The van der Waals surface area contributed by atoms with E-state index in [1.165, 1.54) is 5.56 Å². The molecule has 0 atom stereocenters. The average Bonchev–Trinajstić information content (AvgIpc) is 2.36. The molecule has 1 amide bonds. The Hall–Kier alpha value is -1.03. The van der Waals surface area contributed by atoms with E-state index in [0.29, 0.717) is 6.54 Å². The maximum Gasteiger partial charge on any atom is 0.239 e. The van der Waals surface area contributed by atoms with Crippen LogP contribution in [0.15, 0.2) is 22.7 Å². The van der Waals surface area contributed by atoms with Crippen molar-refractivity contribution in [3.05, 3.63) is 28.2 Å². The van der Waals surface area contributed by atoms with Gasteiger partial charge in [-0.25, -0.2) is 0 Å². The van der Waals surface area contributed by atoms with Crippen LogP contribution in [0.4, 0.5) is 5.69 Å². The van der Waals surface area contributed by atoms with Gasteiger partial charge in [-0.2, -0.15) is 0 Å². The largest absolute Gasteiger partial charge is 0.376 e. The van der Waals surface area contributed by atoms with Gasteiger partial charge in [0.2, 0.25) is 5.91 Å². The first-order valence-corrected chi connectivity index (χ1v) is 7.50. The number of aryl methyl sites for hydroxylation is 1. The number of halogens is 1. The molecule has 4 heteroatoms. The molecule has 0 aliphatic carbocycles. The van der Waals surface area contributed by atoms with Crippen molar-refractivity contribution in [3.8, 4) is 0 Å². The van der Waals surface area contributed by atoms with Gasteiger partial charge in [-0.3, -0.25) is 4.79 Å². The zero-order chi connectivity index (χ0) is 14.5. The Morgan fingerprint density at radius 2 is 2.00 bits per heavy atom. The van der Waals surface area contributed by atoms with Gasteiger partial charge in [-0.1, -0.05) is 29.8 Å². The van der Waals surface area contributed by atoms with Crippen molar-refractivity contribution in [2.45, 2.75) is 46.1 Å². The summed E-state index contributed by atoms with van der Waals surface area (Å²) in [7, 11) is 0. The number of anilines is 1. The molecule has 106 valence electrons. The highest BCUT2D eigenvalue weighted by Crippen LogP contribution is 2.21. The van der Waals surface area contributed by atoms with E-state index in [0.717, 1.165) is 23.0 Å². The molecule has 0 aliphatic rings. The second-order valence-electron chi connectivity index (χ2n) is 5.29. The van der Waals surface area contributed by atoms with Gasteiger partial charge in [0.1, 0.15) is 0 Å². The van der Waals surface area contributed by atoms with Crippen molar-refractivity contribution >= 4 is 27.5 Å². The van der Waals surface area contributed by atoms with Crippen molar-refractivity contribution in [3.63, 3.8) is 0 Å². The summed E-state index contributed by atoms with van der Waals surface area (Å²) in [5.74, 6) is 0.0248. The lowest BCUT2D eigenvalue weighted by atomic mass is 10.0. The monoisotopic (exact) mass is 326 g/mol. The molecule has 2 N–H and O–H groups in total. The minimum absolute atomic E-state index is 0.0248. The molecule has 0 radical (unpaired) electrons. The number of carbonyl (C=O) groups is 1. The number of carbonyl (C=O) groups excluding carboxylic acids is 1. The summed E-state index contributed by atoms with van der Waals surface area (Å²) in [6.07, 6.45) is 1.85. The highest BCUT2D eigenvalue weighted by Gasteiger charge is 2.17. The number of amides is 1. The lowest BCUT2D eigenvalue weighted by Crippen LogP contribution is -2.45. The molecule has 1 aromatic carbocycles. The minimum atomic E-state index is -0.147. The van der Waals surface area contributed by atoms with Crippen molar-refractivity contribution in [1.82, 2.24) is 5.32 Å². The molecule has 1 aromatic rings. The number of nitrogens with one attached hydrogen (secondary N) is 2. The second kappa shape index (κ2) is 6.94. The SMILES string of the molecule is CCc1cc(Br)ccc1NCC(=O)NC(C)(C)CC. The third-order valence-corrected chi connectivity index (χ3v) is 3.74. The van der Waals surface area contributed by atoms with E-state index in [9.17, 15) is 4.79 Å². The number of benzene rings is 1. The third-order valence-electron chi connectivity index (χ3n) is 3.25. The summed E-state index contributed by atoms with van der Waals surface area (Å²) in [5, 5.41) is 6.22. The molecule has 0 saturated carbocycles. The van der Waals surface area contributed by atoms with Crippen molar-refractivity contribution < 1.29 is 4.79 Å². The fourth-order valence-electron chi connectivity index (χ4n) is 1.71. The van der Waals surface area contributed by atoms with E-state index >= 15 is 0 Å². The summed E-state index contributed by atoms with van der Waals surface area (Å²) in [6, 6.07) is 6.06. The topological polar surface area (TPSA) is 41.1 Å². The van der Waals surface area contributed by atoms with E-state index in [1.807, 2.05) is 26.0 Å². The van der Waals surface area contributed by atoms with Gasteiger partial charge >= 0.3 is 0 Å². The number of hydrogen-bond acceptors (Lipinski definition) is 2. The normalized spacial score (nSPS) is 11.2. The van der Waals surface area contributed by atoms with Crippen molar-refractivity contribution in [2.24, 2.45) is 0 Å². The van der Waals surface area contributed by atoms with Gasteiger partial charge in [-0.05, 0) is 50.5 Å². The van der Waals surface area contributed by atoms with Crippen LogP contribution < -0.4 is 10.6 Å². The summed E-state index contributed by atoms with van der Waals surface area (Å²) in [4.78, 5) is 11.9. The van der Waals surface area contributed by atoms with Crippen LogP contribution in [0.2, 0.25) is 0 Å². The lowest BCUT2D eigenvalue weighted by Gasteiger charge is -2.24. The average molecular weight is 327 g/mol. The van der Waals surface area contributed by atoms with Crippen LogP contribution in [0.1, 0.15) is 39.7 Å². The molecule has 0 aliphatic heterocycles. The summed E-state index contributed by atoms with van der Waals surface area (Å²) in [6.45, 7) is 8.53. The minimum Gasteiger partial charge on any atom is -0.376 e. The van der Waals surface area contributed by atoms with Crippen LogP contribution in [0.5, 0.6) is 0 Å². The summed E-state index contributed by atoms with van der Waals surface area (Å²) in [5.41, 5.74) is 2.08. The maximum atomic E-state index is 11.9. The van der Waals surface area contributed by atoms with Crippen LogP contribution >= 0.6 is 15.9 Å². The molecule has 3 nitrogen and oxygen atoms in total. The van der Waals surface area contributed by atoms with Gasteiger partial charge in [0, 0.05) is 15.7 Å². The maximum absolute atomic E-state index is 11.9. The van der Waals surface area contributed by atoms with Crippen LogP contribution in [-0.4, -0.2) is 18.0 Å². The Morgan fingerprint density at radius 3 is 2.58 bits per heavy atom. The van der Waals surface area contributed by atoms with Crippen LogP contribution in [0, 0.1) is 0 Å². The van der Waals surface area contributed by atoms with Crippen LogP contribution in [-0.2, 0) is 11.2 Å². The van der Waals surface area contributed by atoms with Crippen LogP contribution in [0.25, 0.3) is 0 Å². The first-order chi connectivity index (χ1) is 8.88. The van der Waals surface area contributed by atoms with E-state index in [-0.39, 0.29) is 11.4 Å². The number of rotatable bonds is 6. The Kier molecular flexibility index (Phi) is 5.85. The highest BCUT2D eigenvalue weighted by molar-refractivity contribution is 9.10. The highest BCUT2D eigenvalue weighted by atomic mass is 79.9. The molecule has 0 bridgehead atoms.